The average molecular weight is 397 g/mol. The molecule has 0 saturated carbocycles. The Balaban J connectivity index is 1.62. The van der Waals surface area contributed by atoms with Gasteiger partial charge in [-0.15, -0.1) is 0 Å². The summed E-state index contributed by atoms with van der Waals surface area (Å²) in [7, 11) is 1.78. The van der Waals surface area contributed by atoms with E-state index in [0.717, 1.165) is 11.1 Å². The van der Waals surface area contributed by atoms with Crippen LogP contribution < -0.4 is 10.9 Å². The van der Waals surface area contributed by atoms with Gasteiger partial charge in [0.2, 0.25) is 5.91 Å². The second kappa shape index (κ2) is 7.36. The molecule has 0 unspecified atom stereocenters. The molecule has 1 N–H and O–H groups in total. The van der Waals surface area contributed by atoms with E-state index in [2.05, 4.69) is 10.3 Å². The molecule has 3 heterocycles. The van der Waals surface area contributed by atoms with Gasteiger partial charge in [0.15, 0.2) is 0 Å². The molecule has 0 aliphatic rings. The fraction of sp³-hybridized carbons (Fsp3) is 0.150. The van der Waals surface area contributed by atoms with E-state index < -0.39 is 0 Å². The largest absolute Gasteiger partial charge is 0.467 e. The number of aromatic nitrogens is 3. The number of carbonyl (C=O) groups excluding carboxylic acids is 1. The van der Waals surface area contributed by atoms with Gasteiger partial charge in [-0.05, 0) is 29.8 Å². The van der Waals surface area contributed by atoms with E-state index in [0.29, 0.717) is 21.8 Å². The predicted octanol–water partition coefficient (Wildman–Crippen LogP) is 2.96. The zero-order valence-corrected chi connectivity index (χ0v) is 15.8. The number of amides is 1. The van der Waals surface area contributed by atoms with Crippen LogP contribution in [0.4, 0.5) is 0 Å². The highest BCUT2D eigenvalue weighted by molar-refractivity contribution is 6.30. The third-order valence-electron chi connectivity index (χ3n) is 4.45. The average Bonchev–Trinajstić information content (AvgIpc) is 3.31. The smallest absolute Gasteiger partial charge is 0.278 e. The molecule has 1 amide bonds. The van der Waals surface area contributed by atoms with Crippen LogP contribution >= 0.6 is 11.6 Å². The Kier molecular flexibility index (Phi) is 4.75. The number of furan rings is 1. The molecule has 0 bridgehead atoms. The Labute approximate surface area is 165 Å². The highest BCUT2D eigenvalue weighted by atomic mass is 35.5. The summed E-state index contributed by atoms with van der Waals surface area (Å²) in [5.41, 5.74) is 2.49. The minimum absolute atomic E-state index is 0.121. The van der Waals surface area contributed by atoms with Gasteiger partial charge in [0.05, 0.1) is 19.1 Å². The van der Waals surface area contributed by atoms with Crippen molar-refractivity contribution in [3.8, 4) is 11.1 Å². The number of hydrogen-bond donors (Lipinski definition) is 1. The minimum atomic E-state index is -0.299. The van der Waals surface area contributed by atoms with E-state index in [1.807, 2.05) is 18.3 Å². The lowest BCUT2D eigenvalue weighted by Crippen LogP contribution is -2.32. The number of aryl methyl sites for hydroxylation is 1. The molecule has 0 radical (unpaired) electrons. The molecule has 0 atom stereocenters. The van der Waals surface area contributed by atoms with Gasteiger partial charge in [0.1, 0.15) is 23.3 Å². The minimum Gasteiger partial charge on any atom is -0.467 e. The van der Waals surface area contributed by atoms with Crippen LogP contribution in [0.5, 0.6) is 0 Å². The topological polar surface area (TPSA) is 82.1 Å². The Morgan fingerprint density at radius 1 is 1.25 bits per heavy atom. The van der Waals surface area contributed by atoms with Crippen LogP contribution in [0.3, 0.4) is 0 Å². The van der Waals surface area contributed by atoms with Crippen molar-refractivity contribution in [2.45, 2.75) is 13.1 Å². The summed E-state index contributed by atoms with van der Waals surface area (Å²) in [6.45, 7) is 0.144. The molecular formula is C20H17ClN4O3. The van der Waals surface area contributed by atoms with Gasteiger partial charge in [-0.25, -0.2) is 4.98 Å². The standard InChI is InChI=1S/C20H17ClN4O3/c1-24-10-16(13-4-6-14(21)7-5-13)18-19(24)20(27)25(12-23-18)11-17(26)22-9-15-3-2-8-28-15/h2-8,10,12H,9,11H2,1H3,(H,22,26). The second-order valence-corrected chi connectivity index (χ2v) is 6.83. The van der Waals surface area contributed by atoms with Crippen LogP contribution in [0.15, 0.2) is 64.4 Å². The lowest BCUT2D eigenvalue weighted by atomic mass is 10.1. The van der Waals surface area contributed by atoms with Crippen LogP contribution in [-0.4, -0.2) is 20.0 Å². The lowest BCUT2D eigenvalue weighted by Gasteiger charge is -2.07. The summed E-state index contributed by atoms with van der Waals surface area (Å²) in [5, 5.41) is 3.36. The number of nitrogens with one attached hydrogen (secondary N) is 1. The highest BCUT2D eigenvalue weighted by Crippen LogP contribution is 2.28. The van der Waals surface area contributed by atoms with Crippen molar-refractivity contribution < 1.29 is 9.21 Å². The van der Waals surface area contributed by atoms with Crippen molar-refractivity contribution in [2.24, 2.45) is 7.05 Å². The quantitative estimate of drug-likeness (QED) is 0.562. The Morgan fingerprint density at radius 3 is 2.75 bits per heavy atom. The third-order valence-corrected chi connectivity index (χ3v) is 4.71. The van der Waals surface area contributed by atoms with Gasteiger partial charge in [-0.1, -0.05) is 23.7 Å². The Hall–Kier alpha value is -3.32. The zero-order chi connectivity index (χ0) is 19.7. The first kappa shape index (κ1) is 18.1. The van der Waals surface area contributed by atoms with Gasteiger partial charge in [-0.3, -0.25) is 14.2 Å². The lowest BCUT2D eigenvalue weighted by molar-refractivity contribution is -0.122. The summed E-state index contributed by atoms with van der Waals surface area (Å²) in [6, 6.07) is 10.9. The molecule has 8 heteroatoms. The van der Waals surface area contributed by atoms with Crippen molar-refractivity contribution in [1.82, 2.24) is 19.4 Å². The molecule has 1 aromatic carbocycles. The summed E-state index contributed by atoms with van der Waals surface area (Å²) in [6.07, 6.45) is 4.79. The number of hydrogen-bond acceptors (Lipinski definition) is 4. The fourth-order valence-corrected chi connectivity index (χ4v) is 3.20. The van der Waals surface area contributed by atoms with Gasteiger partial charge < -0.3 is 14.3 Å². The SMILES string of the molecule is Cn1cc(-c2ccc(Cl)cc2)c2ncn(CC(=O)NCc3ccco3)c(=O)c21. The first-order chi connectivity index (χ1) is 13.5. The molecule has 0 aliphatic carbocycles. The molecule has 0 spiro atoms. The van der Waals surface area contributed by atoms with E-state index in [-0.39, 0.29) is 24.6 Å². The van der Waals surface area contributed by atoms with E-state index in [1.165, 1.54) is 17.2 Å². The molecule has 4 rings (SSSR count). The van der Waals surface area contributed by atoms with Crippen molar-refractivity contribution in [2.75, 3.05) is 0 Å². The van der Waals surface area contributed by atoms with Gasteiger partial charge in [0, 0.05) is 23.8 Å². The Morgan fingerprint density at radius 2 is 2.04 bits per heavy atom. The van der Waals surface area contributed by atoms with Gasteiger partial charge in [-0.2, -0.15) is 0 Å². The van der Waals surface area contributed by atoms with Crippen molar-refractivity contribution in [3.05, 3.63) is 76.3 Å². The molecule has 0 fully saturated rings. The maximum Gasteiger partial charge on any atom is 0.278 e. The first-order valence-corrected chi connectivity index (χ1v) is 9.00. The van der Waals surface area contributed by atoms with Crippen molar-refractivity contribution in [3.63, 3.8) is 0 Å². The van der Waals surface area contributed by atoms with E-state index in [1.54, 1.807) is 35.9 Å². The van der Waals surface area contributed by atoms with Crippen LogP contribution in [0.1, 0.15) is 5.76 Å². The van der Waals surface area contributed by atoms with Crippen LogP contribution in [0, 0.1) is 0 Å². The highest BCUT2D eigenvalue weighted by Gasteiger charge is 2.16. The van der Waals surface area contributed by atoms with Gasteiger partial charge in [0.25, 0.3) is 5.56 Å². The van der Waals surface area contributed by atoms with Crippen LogP contribution in [-0.2, 0) is 24.9 Å². The fourth-order valence-electron chi connectivity index (χ4n) is 3.08. The summed E-state index contributed by atoms with van der Waals surface area (Å²) in [4.78, 5) is 29.5. The molecule has 4 aromatic rings. The number of carbonyl (C=O) groups is 1. The summed E-state index contributed by atoms with van der Waals surface area (Å²) >= 11 is 5.96. The van der Waals surface area contributed by atoms with Gasteiger partial charge >= 0.3 is 0 Å². The molecule has 142 valence electrons. The van der Waals surface area contributed by atoms with E-state index in [9.17, 15) is 9.59 Å². The zero-order valence-electron chi connectivity index (χ0n) is 15.1. The first-order valence-electron chi connectivity index (χ1n) is 8.62. The molecule has 0 aliphatic heterocycles. The number of benzene rings is 1. The number of fused-ring (bicyclic) bond motifs is 1. The van der Waals surface area contributed by atoms with E-state index >= 15 is 0 Å². The van der Waals surface area contributed by atoms with Crippen molar-refractivity contribution in [1.29, 1.82) is 0 Å². The molecular weight excluding hydrogens is 380 g/mol. The van der Waals surface area contributed by atoms with Crippen molar-refractivity contribution >= 4 is 28.5 Å². The van der Waals surface area contributed by atoms with Crippen LogP contribution in [0.2, 0.25) is 5.02 Å². The maximum atomic E-state index is 12.9. The summed E-state index contributed by atoms with van der Waals surface area (Å²) < 4.78 is 8.20. The predicted molar refractivity (Wildman–Crippen MR) is 106 cm³/mol. The normalized spacial score (nSPS) is 11.1. The number of rotatable bonds is 5. The monoisotopic (exact) mass is 396 g/mol. The molecule has 7 nitrogen and oxygen atoms in total. The molecule has 28 heavy (non-hydrogen) atoms. The summed E-state index contributed by atoms with van der Waals surface area (Å²) in [5.74, 6) is 0.344. The Bertz CT molecular complexity index is 1190. The second-order valence-electron chi connectivity index (χ2n) is 6.39. The van der Waals surface area contributed by atoms with E-state index in [4.69, 9.17) is 16.0 Å². The maximum absolute atomic E-state index is 12.9. The molecule has 3 aromatic heterocycles. The van der Waals surface area contributed by atoms with Crippen LogP contribution in [0.25, 0.3) is 22.2 Å². The third kappa shape index (κ3) is 3.44. The molecule has 0 saturated heterocycles. The number of halogens is 1. The number of nitrogens with zero attached hydrogens (tertiary/aromatic N) is 3.